The molecular formula is C18H13N3O2S2. The number of fused-ring (bicyclic) bond motifs is 1. The van der Waals surface area contributed by atoms with Crippen LogP contribution in [0.5, 0.6) is 0 Å². The lowest BCUT2D eigenvalue weighted by Gasteiger charge is -2.11. The van der Waals surface area contributed by atoms with Crippen LogP contribution in [0.3, 0.4) is 0 Å². The highest BCUT2D eigenvalue weighted by molar-refractivity contribution is 7.22. The Labute approximate surface area is 151 Å². The minimum Gasteiger partial charge on any atom is -0.459 e. The lowest BCUT2D eigenvalue weighted by Crippen LogP contribution is -2.25. The lowest BCUT2D eigenvalue weighted by atomic mass is 10.2. The number of benzene rings is 1. The van der Waals surface area contributed by atoms with Gasteiger partial charge >= 0.3 is 5.91 Å². The van der Waals surface area contributed by atoms with Gasteiger partial charge in [-0.05, 0) is 48.2 Å². The van der Waals surface area contributed by atoms with Crippen LogP contribution in [0.25, 0.3) is 10.2 Å². The molecule has 0 fully saturated rings. The number of carbonyl (C=O) groups excluding carboxylic acids is 1. The molecule has 0 aliphatic heterocycles. The summed E-state index contributed by atoms with van der Waals surface area (Å²) < 4.78 is 6.25. The first-order valence-corrected chi connectivity index (χ1v) is 9.23. The molecule has 0 aliphatic rings. The number of hydrogen-bond acceptors (Lipinski definition) is 6. The molecule has 0 bridgehead atoms. The predicted octanol–water partition coefficient (Wildman–Crippen LogP) is 4.94. The monoisotopic (exact) mass is 367 g/mol. The maximum absolute atomic E-state index is 12.8. The van der Waals surface area contributed by atoms with Gasteiger partial charge < -0.3 is 4.42 Å². The molecule has 0 unspecified atom stereocenters. The molecule has 3 aromatic heterocycles. The molecule has 7 heteroatoms. The number of thiazole rings is 1. The lowest BCUT2D eigenvalue weighted by molar-refractivity contribution is 0.0961. The van der Waals surface area contributed by atoms with Crippen molar-refractivity contribution in [1.29, 1.82) is 0 Å². The molecule has 124 valence electrons. The number of amides is 1. The van der Waals surface area contributed by atoms with Crippen LogP contribution in [0.15, 0.2) is 63.6 Å². The minimum atomic E-state index is -0.353. The van der Waals surface area contributed by atoms with Crippen molar-refractivity contribution in [2.24, 2.45) is 5.10 Å². The summed E-state index contributed by atoms with van der Waals surface area (Å²) in [7, 11) is 0. The zero-order valence-corrected chi connectivity index (χ0v) is 14.9. The van der Waals surface area contributed by atoms with E-state index in [1.807, 2.05) is 36.6 Å². The Bertz CT molecular complexity index is 1030. The normalized spacial score (nSPS) is 11.4. The van der Waals surface area contributed by atoms with Crippen molar-refractivity contribution in [2.45, 2.75) is 6.92 Å². The quantitative estimate of drug-likeness (QED) is 0.379. The Morgan fingerprint density at radius 2 is 2.20 bits per heavy atom. The van der Waals surface area contributed by atoms with Crippen molar-refractivity contribution in [3.63, 3.8) is 0 Å². The van der Waals surface area contributed by atoms with Gasteiger partial charge in [0.1, 0.15) is 0 Å². The van der Waals surface area contributed by atoms with Gasteiger partial charge in [-0.15, -0.1) is 11.3 Å². The van der Waals surface area contributed by atoms with Crippen LogP contribution < -0.4 is 5.01 Å². The standard InChI is InChI=1S/C18H13N3O2S2/c1-12-6-7-14-16(10-12)25-18(20-14)21(17(22)15-5-2-8-23-15)19-11-13-4-3-9-24-13/h2-11H,1H3/b19-11+. The number of nitrogens with zero attached hydrogens (tertiary/aromatic N) is 3. The fraction of sp³-hybridized carbons (Fsp3) is 0.0556. The summed E-state index contributed by atoms with van der Waals surface area (Å²) in [6.45, 7) is 2.03. The van der Waals surface area contributed by atoms with Gasteiger partial charge in [0.05, 0.1) is 22.7 Å². The van der Waals surface area contributed by atoms with Gasteiger partial charge in [0.2, 0.25) is 5.13 Å². The average molecular weight is 367 g/mol. The molecule has 4 aromatic rings. The number of aryl methyl sites for hydroxylation is 1. The molecule has 0 spiro atoms. The number of rotatable bonds is 4. The molecule has 1 amide bonds. The number of thiophene rings is 1. The summed E-state index contributed by atoms with van der Waals surface area (Å²) in [5.74, 6) is -0.132. The van der Waals surface area contributed by atoms with Crippen molar-refractivity contribution < 1.29 is 9.21 Å². The van der Waals surface area contributed by atoms with E-state index in [2.05, 4.69) is 16.2 Å². The first-order valence-electron chi connectivity index (χ1n) is 7.53. The van der Waals surface area contributed by atoms with Crippen LogP contribution >= 0.6 is 22.7 Å². The summed E-state index contributed by atoms with van der Waals surface area (Å²) in [5, 5.41) is 8.13. The maximum Gasteiger partial charge on any atom is 0.316 e. The molecule has 0 saturated carbocycles. The average Bonchev–Trinajstić information content (AvgIpc) is 3.36. The van der Waals surface area contributed by atoms with E-state index in [-0.39, 0.29) is 11.7 Å². The zero-order chi connectivity index (χ0) is 17.2. The third-order valence-electron chi connectivity index (χ3n) is 3.48. The number of hydrogen-bond donors (Lipinski definition) is 0. The number of hydrazone groups is 1. The Morgan fingerprint density at radius 1 is 1.28 bits per heavy atom. The highest BCUT2D eigenvalue weighted by Gasteiger charge is 2.23. The topological polar surface area (TPSA) is 58.7 Å². The first-order chi connectivity index (χ1) is 12.2. The summed E-state index contributed by atoms with van der Waals surface area (Å²) in [4.78, 5) is 18.3. The van der Waals surface area contributed by atoms with Gasteiger partial charge in [0, 0.05) is 4.88 Å². The number of aromatic nitrogens is 1. The molecule has 0 atom stereocenters. The molecule has 0 N–H and O–H groups in total. The second kappa shape index (κ2) is 6.62. The number of furan rings is 1. The van der Waals surface area contributed by atoms with Crippen LogP contribution in [0, 0.1) is 6.92 Å². The highest BCUT2D eigenvalue weighted by Crippen LogP contribution is 2.30. The summed E-state index contributed by atoms with van der Waals surface area (Å²) in [6, 6.07) is 13.2. The predicted molar refractivity (Wildman–Crippen MR) is 102 cm³/mol. The molecule has 0 radical (unpaired) electrons. The van der Waals surface area contributed by atoms with Crippen LogP contribution in [-0.2, 0) is 0 Å². The zero-order valence-electron chi connectivity index (χ0n) is 13.2. The van der Waals surface area contributed by atoms with Crippen LogP contribution in [-0.4, -0.2) is 17.1 Å². The van der Waals surface area contributed by atoms with Gasteiger partial charge in [-0.2, -0.15) is 10.1 Å². The van der Waals surface area contributed by atoms with E-state index < -0.39 is 0 Å². The fourth-order valence-corrected chi connectivity index (χ4v) is 3.88. The summed E-state index contributed by atoms with van der Waals surface area (Å²) in [6.07, 6.45) is 3.12. The van der Waals surface area contributed by atoms with Crippen LogP contribution in [0.1, 0.15) is 21.0 Å². The van der Waals surface area contributed by atoms with E-state index in [1.165, 1.54) is 22.6 Å². The molecule has 3 heterocycles. The van der Waals surface area contributed by atoms with Gasteiger partial charge in [-0.1, -0.05) is 23.5 Å². The second-order valence-corrected chi connectivity index (χ2v) is 7.31. The molecule has 0 aliphatic carbocycles. The first kappa shape index (κ1) is 15.7. The van der Waals surface area contributed by atoms with Gasteiger partial charge in [-0.3, -0.25) is 4.79 Å². The number of anilines is 1. The second-order valence-electron chi connectivity index (χ2n) is 5.32. The maximum atomic E-state index is 12.8. The van der Waals surface area contributed by atoms with Crippen molar-refractivity contribution in [3.05, 3.63) is 70.3 Å². The number of carbonyl (C=O) groups is 1. The molecule has 0 saturated heterocycles. The van der Waals surface area contributed by atoms with Gasteiger partial charge in [0.25, 0.3) is 0 Å². The van der Waals surface area contributed by atoms with E-state index in [0.717, 1.165) is 20.7 Å². The Kier molecular flexibility index (Phi) is 4.17. The SMILES string of the molecule is Cc1ccc2nc(N(/N=C/c3cccs3)C(=O)c3ccco3)sc2c1. The van der Waals surface area contributed by atoms with E-state index in [0.29, 0.717) is 5.13 Å². The van der Waals surface area contributed by atoms with Gasteiger partial charge in [0.15, 0.2) is 5.76 Å². The highest BCUT2D eigenvalue weighted by atomic mass is 32.1. The van der Waals surface area contributed by atoms with E-state index >= 15 is 0 Å². The molecule has 5 nitrogen and oxygen atoms in total. The van der Waals surface area contributed by atoms with Crippen molar-refractivity contribution in [3.8, 4) is 0 Å². The minimum absolute atomic E-state index is 0.221. The third kappa shape index (κ3) is 3.24. The van der Waals surface area contributed by atoms with Crippen molar-refractivity contribution >= 4 is 50.1 Å². The molecule has 4 rings (SSSR count). The smallest absolute Gasteiger partial charge is 0.316 e. The van der Waals surface area contributed by atoms with E-state index in [1.54, 1.807) is 29.7 Å². The van der Waals surface area contributed by atoms with E-state index in [4.69, 9.17) is 4.42 Å². The summed E-state index contributed by atoms with van der Waals surface area (Å²) >= 11 is 2.97. The van der Waals surface area contributed by atoms with Gasteiger partial charge in [-0.25, -0.2) is 4.98 Å². The fourth-order valence-electron chi connectivity index (χ4n) is 2.28. The van der Waals surface area contributed by atoms with Crippen LogP contribution in [0.2, 0.25) is 0 Å². The summed E-state index contributed by atoms with van der Waals surface area (Å²) in [5.41, 5.74) is 1.99. The molecule has 25 heavy (non-hydrogen) atoms. The Hall–Kier alpha value is -2.77. The molecule has 1 aromatic carbocycles. The van der Waals surface area contributed by atoms with E-state index in [9.17, 15) is 4.79 Å². The third-order valence-corrected chi connectivity index (χ3v) is 5.28. The Morgan fingerprint density at radius 3 is 2.96 bits per heavy atom. The molecular weight excluding hydrogens is 354 g/mol. The van der Waals surface area contributed by atoms with Crippen molar-refractivity contribution in [1.82, 2.24) is 4.98 Å². The van der Waals surface area contributed by atoms with Crippen molar-refractivity contribution in [2.75, 3.05) is 5.01 Å². The van der Waals surface area contributed by atoms with Crippen LogP contribution in [0.4, 0.5) is 5.13 Å². The largest absolute Gasteiger partial charge is 0.459 e. The Balaban J connectivity index is 1.76.